The lowest BCUT2D eigenvalue weighted by Gasteiger charge is -2.34. The lowest BCUT2D eigenvalue weighted by molar-refractivity contribution is 0.0224. The SMILES string of the molecule is CC(O)CN(C)CC1CC(O)C1. The number of aliphatic hydroxyl groups excluding tert-OH is 2. The first-order valence-electron chi connectivity index (χ1n) is 4.62. The first kappa shape index (κ1) is 9.96. The Labute approximate surface area is 74.0 Å². The monoisotopic (exact) mass is 173 g/mol. The molecule has 0 heterocycles. The second-order valence-electron chi connectivity index (χ2n) is 4.06. The first-order valence-corrected chi connectivity index (χ1v) is 4.62. The molecule has 1 aliphatic rings. The van der Waals surface area contributed by atoms with Crippen molar-refractivity contribution in [1.82, 2.24) is 4.90 Å². The predicted octanol–water partition coefficient (Wildman–Crippen LogP) is 0.0699. The summed E-state index contributed by atoms with van der Waals surface area (Å²) in [5, 5.41) is 18.1. The molecule has 3 heteroatoms. The van der Waals surface area contributed by atoms with Crippen LogP contribution < -0.4 is 0 Å². The Hall–Kier alpha value is -0.120. The molecule has 1 saturated carbocycles. The van der Waals surface area contributed by atoms with Crippen LogP contribution in [0.5, 0.6) is 0 Å². The van der Waals surface area contributed by atoms with Crippen molar-refractivity contribution in [2.75, 3.05) is 20.1 Å². The second-order valence-corrected chi connectivity index (χ2v) is 4.06. The maximum atomic E-state index is 9.09. The third-order valence-electron chi connectivity index (χ3n) is 2.36. The van der Waals surface area contributed by atoms with Crippen LogP contribution in [0, 0.1) is 5.92 Å². The normalized spacial score (nSPS) is 31.8. The van der Waals surface area contributed by atoms with Gasteiger partial charge in [0.25, 0.3) is 0 Å². The van der Waals surface area contributed by atoms with Gasteiger partial charge in [0.15, 0.2) is 0 Å². The van der Waals surface area contributed by atoms with Gasteiger partial charge < -0.3 is 15.1 Å². The quantitative estimate of drug-likeness (QED) is 0.632. The van der Waals surface area contributed by atoms with Crippen molar-refractivity contribution in [3.63, 3.8) is 0 Å². The highest BCUT2D eigenvalue weighted by atomic mass is 16.3. The fraction of sp³-hybridized carbons (Fsp3) is 1.00. The minimum atomic E-state index is -0.250. The number of likely N-dealkylation sites (N-methyl/N-ethyl adjacent to an activating group) is 1. The summed E-state index contributed by atoms with van der Waals surface area (Å²) in [6, 6.07) is 0. The van der Waals surface area contributed by atoms with Gasteiger partial charge in [-0.05, 0) is 32.7 Å². The van der Waals surface area contributed by atoms with Gasteiger partial charge >= 0.3 is 0 Å². The summed E-state index contributed by atoms with van der Waals surface area (Å²) in [4.78, 5) is 2.13. The third kappa shape index (κ3) is 3.09. The van der Waals surface area contributed by atoms with Crippen LogP contribution in [0.4, 0.5) is 0 Å². The standard InChI is InChI=1S/C9H19NO2/c1-7(11)5-10(2)6-8-3-9(12)4-8/h7-9,11-12H,3-6H2,1-2H3. The molecule has 1 unspecified atom stereocenters. The third-order valence-corrected chi connectivity index (χ3v) is 2.36. The Morgan fingerprint density at radius 3 is 2.50 bits per heavy atom. The summed E-state index contributed by atoms with van der Waals surface area (Å²) < 4.78 is 0. The molecule has 0 spiro atoms. The molecule has 0 aromatic carbocycles. The summed E-state index contributed by atoms with van der Waals surface area (Å²) >= 11 is 0. The lowest BCUT2D eigenvalue weighted by atomic mass is 9.82. The van der Waals surface area contributed by atoms with Gasteiger partial charge in [0.05, 0.1) is 12.2 Å². The van der Waals surface area contributed by atoms with Crippen molar-refractivity contribution in [3.05, 3.63) is 0 Å². The average Bonchev–Trinajstić information content (AvgIpc) is 1.82. The number of hydrogen-bond donors (Lipinski definition) is 2. The van der Waals surface area contributed by atoms with E-state index in [1.54, 1.807) is 6.92 Å². The molecule has 1 rings (SSSR count). The summed E-state index contributed by atoms with van der Waals surface area (Å²) in [5.41, 5.74) is 0. The summed E-state index contributed by atoms with van der Waals surface area (Å²) in [6.07, 6.45) is 1.56. The molecule has 0 radical (unpaired) electrons. The van der Waals surface area contributed by atoms with Crippen molar-refractivity contribution in [1.29, 1.82) is 0 Å². The van der Waals surface area contributed by atoms with Gasteiger partial charge in [-0.1, -0.05) is 0 Å². The van der Waals surface area contributed by atoms with E-state index >= 15 is 0 Å². The molecule has 0 aliphatic heterocycles. The van der Waals surface area contributed by atoms with Gasteiger partial charge in [0.2, 0.25) is 0 Å². The van der Waals surface area contributed by atoms with Gasteiger partial charge in [-0.25, -0.2) is 0 Å². The molecule has 12 heavy (non-hydrogen) atoms. The summed E-state index contributed by atoms with van der Waals surface area (Å²) in [6.45, 7) is 3.53. The zero-order valence-corrected chi connectivity index (χ0v) is 7.90. The van der Waals surface area contributed by atoms with Crippen molar-refractivity contribution in [2.24, 2.45) is 5.92 Å². The van der Waals surface area contributed by atoms with Crippen LogP contribution in [0.25, 0.3) is 0 Å². The molecule has 0 aromatic heterocycles. The van der Waals surface area contributed by atoms with Crippen molar-refractivity contribution >= 4 is 0 Å². The van der Waals surface area contributed by atoms with Crippen LogP contribution in [-0.2, 0) is 0 Å². The Kier molecular flexibility index (Phi) is 3.50. The maximum absolute atomic E-state index is 9.09. The van der Waals surface area contributed by atoms with E-state index in [9.17, 15) is 0 Å². The van der Waals surface area contributed by atoms with Crippen LogP contribution in [0.15, 0.2) is 0 Å². The van der Waals surface area contributed by atoms with E-state index in [-0.39, 0.29) is 12.2 Å². The predicted molar refractivity (Wildman–Crippen MR) is 47.9 cm³/mol. The van der Waals surface area contributed by atoms with E-state index in [1.807, 2.05) is 7.05 Å². The highest BCUT2D eigenvalue weighted by Crippen LogP contribution is 2.27. The van der Waals surface area contributed by atoms with Gasteiger partial charge in [-0.2, -0.15) is 0 Å². The van der Waals surface area contributed by atoms with E-state index in [4.69, 9.17) is 10.2 Å². The summed E-state index contributed by atoms with van der Waals surface area (Å²) in [5.74, 6) is 0.642. The zero-order chi connectivity index (χ0) is 9.14. The molecule has 1 aliphatic carbocycles. The highest BCUT2D eigenvalue weighted by Gasteiger charge is 2.27. The topological polar surface area (TPSA) is 43.7 Å². The van der Waals surface area contributed by atoms with Gasteiger partial charge in [0, 0.05) is 13.1 Å². The minimum absolute atomic E-state index is 0.0602. The van der Waals surface area contributed by atoms with Gasteiger partial charge in [0.1, 0.15) is 0 Å². The molecule has 0 aromatic rings. The zero-order valence-electron chi connectivity index (χ0n) is 7.90. The van der Waals surface area contributed by atoms with E-state index in [2.05, 4.69) is 4.90 Å². The molecule has 1 fully saturated rings. The van der Waals surface area contributed by atoms with E-state index in [0.717, 1.165) is 25.9 Å². The number of nitrogens with zero attached hydrogens (tertiary/aromatic N) is 1. The van der Waals surface area contributed by atoms with Crippen LogP contribution in [0.3, 0.4) is 0 Å². The Morgan fingerprint density at radius 1 is 1.50 bits per heavy atom. The average molecular weight is 173 g/mol. The molecule has 0 bridgehead atoms. The van der Waals surface area contributed by atoms with Crippen molar-refractivity contribution in [2.45, 2.75) is 32.0 Å². The summed E-state index contributed by atoms with van der Waals surface area (Å²) in [7, 11) is 2.01. The molecule has 0 saturated heterocycles. The highest BCUT2D eigenvalue weighted by molar-refractivity contribution is 4.80. The fourth-order valence-corrected chi connectivity index (χ4v) is 1.82. The Morgan fingerprint density at radius 2 is 2.08 bits per heavy atom. The molecule has 2 N–H and O–H groups in total. The van der Waals surface area contributed by atoms with Crippen LogP contribution in [0.1, 0.15) is 19.8 Å². The lowest BCUT2D eigenvalue weighted by Crippen LogP contribution is -2.39. The maximum Gasteiger partial charge on any atom is 0.0638 e. The van der Waals surface area contributed by atoms with Crippen molar-refractivity contribution in [3.8, 4) is 0 Å². The van der Waals surface area contributed by atoms with Gasteiger partial charge in [-0.15, -0.1) is 0 Å². The van der Waals surface area contributed by atoms with Gasteiger partial charge in [-0.3, -0.25) is 0 Å². The van der Waals surface area contributed by atoms with E-state index in [0.29, 0.717) is 5.92 Å². The molecular formula is C9H19NO2. The molecule has 3 nitrogen and oxygen atoms in total. The van der Waals surface area contributed by atoms with Crippen molar-refractivity contribution < 1.29 is 10.2 Å². The smallest absolute Gasteiger partial charge is 0.0638 e. The molecule has 72 valence electrons. The number of rotatable bonds is 4. The molecular weight excluding hydrogens is 154 g/mol. The van der Waals surface area contributed by atoms with E-state index < -0.39 is 0 Å². The second kappa shape index (κ2) is 4.21. The molecule has 1 atom stereocenters. The minimum Gasteiger partial charge on any atom is -0.393 e. The van der Waals surface area contributed by atoms with Crippen LogP contribution in [0.2, 0.25) is 0 Å². The first-order chi connectivity index (χ1) is 5.58. The Balaban J connectivity index is 2.06. The fourth-order valence-electron chi connectivity index (χ4n) is 1.82. The Bertz CT molecular complexity index is 132. The number of aliphatic hydroxyl groups is 2. The number of hydrogen-bond acceptors (Lipinski definition) is 3. The van der Waals surface area contributed by atoms with Crippen LogP contribution in [-0.4, -0.2) is 47.5 Å². The van der Waals surface area contributed by atoms with E-state index in [1.165, 1.54) is 0 Å². The van der Waals surface area contributed by atoms with Crippen LogP contribution >= 0.6 is 0 Å². The molecule has 0 amide bonds. The largest absolute Gasteiger partial charge is 0.393 e.